The summed E-state index contributed by atoms with van der Waals surface area (Å²) in [6.45, 7) is 7.85. The summed E-state index contributed by atoms with van der Waals surface area (Å²) in [7, 11) is 0. The number of esters is 1. The monoisotopic (exact) mass is 368 g/mol. The lowest BCUT2D eigenvalue weighted by atomic mass is 9.95. The minimum atomic E-state index is -0.538. The molecule has 1 aliphatic carbocycles. The first-order valence-corrected chi connectivity index (χ1v) is 7.94. The van der Waals surface area contributed by atoms with Crippen molar-refractivity contribution in [1.82, 2.24) is 0 Å². The molecule has 0 heterocycles. The van der Waals surface area contributed by atoms with Gasteiger partial charge in [-0.15, -0.1) is 0 Å². The number of carbonyl (C=O) groups excluding carboxylic acids is 1. The summed E-state index contributed by atoms with van der Waals surface area (Å²) >= 11 is 2.15. The maximum absolute atomic E-state index is 12.0. The Hall–Kier alpha value is 0.160. The molecule has 0 aromatic carbocycles. The largest absolute Gasteiger partial charge is 0.461 e. The van der Waals surface area contributed by atoms with Crippen LogP contribution in [0.2, 0.25) is 0 Å². The Labute approximate surface area is 124 Å². The minimum absolute atomic E-state index is 0.0984. The van der Waals surface area contributed by atoms with Crippen LogP contribution in [0.3, 0.4) is 0 Å². The first-order valence-electron chi connectivity index (χ1n) is 6.86. The van der Waals surface area contributed by atoms with E-state index in [4.69, 9.17) is 4.74 Å². The first kappa shape index (κ1) is 16.2. The number of halogens is 1. The van der Waals surface area contributed by atoms with Crippen LogP contribution < -0.4 is 0 Å². The average Bonchev–Trinajstić information content (AvgIpc) is 2.72. The molecule has 1 N–H and O–H groups in total. The Kier molecular flexibility index (Phi) is 5.47. The Morgan fingerprint density at radius 2 is 2.22 bits per heavy atom. The Bertz CT molecular complexity index is 303. The molecular formula is C14H25IO3. The maximum Gasteiger partial charge on any atom is 0.322 e. The highest BCUT2D eigenvalue weighted by Gasteiger charge is 2.40. The zero-order chi connectivity index (χ0) is 14.0. The third kappa shape index (κ3) is 3.83. The van der Waals surface area contributed by atoms with Gasteiger partial charge in [-0.1, -0.05) is 36.4 Å². The van der Waals surface area contributed by atoms with Crippen LogP contribution in [0.25, 0.3) is 0 Å². The summed E-state index contributed by atoms with van der Waals surface area (Å²) in [5.74, 6) is 0.160. The van der Waals surface area contributed by atoms with E-state index in [9.17, 15) is 9.90 Å². The van der Waals surface area contributed by atoms with Gasteiger partial charge in [0.1, 0.15) is 9.53 Å². The average molecular weight is 368 g/mol. The highest BCUT2D eigenvalue weighted by Crippen LogP contribution is 2.39. The summed E-state index contributed by atoms with van der Waals surface area (Å²) in [6.07, 6.45) is 3.97. The molecule has 0 saturated heterocycles. The van der Waals surface area contributed by atoms with E-state index in [1.807, 2.05) is 27.7 Å². The fourth-order valence-electron chi connectivity index (χ4n) is 2.40. The fourth-order valence-corrected chi connectivity index (χ4v) is 2.53. The van der Waals surface area contributed by atoms with Gasteiger partial charge >= 0.3 is 5.97 Å². The molecule has 0 spiro atoms. The molecule has 0 aliphatic heterocycles. The second-order valence-electron chi connectivity index (χ2n) is 5.74. The van der Waals surface area contributed by atoms with E-state index in [-0.39, 0.29) is 12.1 Å². The van der Waals surface area contributed by atoms with Crippen LogP contribution in [0.1, 0.15) is 59.8 Å². The second-order valence-corrected chi connectivity index (χ2v) is 8.12. The van der Waals surface area contributed by atoms with Crippen LogP contribution in [0.15, 0.2) is 0 Å². The van der Waals surface area contributed by atoms with E-state index in [0.29, 0.717) is 5.92 Å². The lowest BCUT2D eigenvalue weighted by Crippen LogP contribution is -2.35. The van der Waals surface area contributed by atoms with Crippen LogP contribution in [-0.2, 0) is 9.53 Å². The van der Waals surface area contributed by atoms with Gasteiger partial charge in [0, 0.05) is 0 Å². The minimum Gasteiger partial charge on any atom is -0.461 e. The first-order chi connectivity index (χ1) is 8.24. The molecule has 4 unspecified atom stereocenters. The van der Waals surface area contributed by atoms with Crippen LogP contribution in [0, 0.1) is 5.92 Å². The Balaban J connectivity index is 2.53. The number of carbonyl (C=O) groups is 1. The summed E-state index contributed by atoms with van der Waals surface area (Å²) in [4.78, 5) is 12.0. The molecule has 1 aliphatic rings. The van der Waals surface area contributed by atoms with Crippen LogP contribution in [0.5, 0.6) is 0 Å². The smallest absolute Gasteiger partial charge is 0.322 e. The molecule has 0 aromatic rings. The van der Waals surface area contributed by atoms with E-state index in [1.54, 1.807) is 0 Å². The number of ether oxygens (including phenoxy) is 1. The molecule has 4 heteroatoms. The number of aliphatic hydroxyl groups is 1. The van der Waals surface area contributed by atoms with Gasteiger partial charge < -0.3 is 9.84 Å². The molecule has 1 rings (SSSR count). The van der Waals surface area contributed by atoms with Crippen LogP contribution in [-0.4, -0.2) is 26.2 Å². The van der Waals surface area contributed by atoms with Gasteiger partial charge in [0.05, 0.1) is 5.60 Å². The third-order valence-electron chi connectivity index (χ3n) is 4.33. The van der Waals surface area contributed by atoms with Crippen molar-refractivity contribution in [2.45, 2.75) is 74.9 Å². The molecule has 0 bridgehead atoms. The van der Waals surface area contributed by atoms with Crippen molar-refractivity contribution < 1.29 is 14.6 Å². The van der Waals surface area contributed by atoms with Gasteiger partial charge in [-0.05, 0) is 51.9 Å². The van der Waals surface area contributed by atoms with Gasteiger partial charge in [-0.2, -0.15) is 0 Å². The van der Waals surface area contributed by atoms with Crippen molar-refractivity contribution in [2.24, 2.45) is 5.92 Å². The summed E-state index contributed by atoms with van der Waals surface area (Å²) in [5.41, 5.74) is -0.538. The Morgan fingerprint density at radius 1 is 1.61 bits per heavy atom. The van der Waals surface area contributed by atoms with E-state index >= 15 is 0 Å². The molecule has 1 saturated carbocycles. The molecule has 0 radical (unpaired) electrons. The molecule has 18 heavy (non-hydrogen) atoms. The quantitative estimate of drug-likeness (QED) is 0.459. The lowest BCUT2D eigenvalue weighted by Gasteiger charge is -2.26. The number of hydrogen-bond donors (Lipinski definition) is 1. The van der Waals surface area contributed by atoms with Crippen molar-refractivity contribution in [3.05, 3.63) is 0 Å². The second kappa shape index (κ2) is 6.07. The maximum atomic E-state index is 12.0. The van der Waals surface area contributed by atoms with E-state index in [1.165, 1.54) is 0 Å². The topological polar surface area (TPSA) is 46.5 Å². The molecule has 1 fully saturated rings. The van der Waals surface area contributed by atoms with Crippen LogP contribution in [0.4, 0.5) is 0 Å². The molecular weight excluding hydrogens is 343 g/mol. The highest BCUT2D eigenvalue weighted by atomic mass is 127. The fraction of sp³-hybridized carbons (Fsp3) is 0.929. The molecule has 4 atom stereocenters. The van der Waals surface area contributed by atoms with Crippen LogP contribution >= 0.6 is 22.6 Å². The van der Waals surface area contributed by atoms with Crippen molar-refractivity contribution in [3.8, 4) is 0 Å². The predicted molar refractivity (Wildman–Crippen MR) is 80.9 cm³/mol. The molecule has 0 aromatic heterocycles. The highest BCUT2D eigenvalue weighted by molar-refractivity contribution is 14.1. The van der Waals surface area contributed by atoms with Gasteiger partial charge in [-0.3, -0.25) is 4.79 Å². The van der Waals surface area contributed by atoms with Gasteiger partial charge in [0.15, 0.2) is 0 Å². The van der Waals surface area contributed by atoms with Crippen molar-refractivity contribution >= 4 is 28.6 Å². The van der Waals surface area contributed by atoms with Crippen molar-refractivity contribution in [3.63, 3.8) is 0 Å². The van der Waals surface area contributed by atoms with E-state index in [0.717, 1.165) is 32.1 Å². The normalized spacial score (nSPS) is 32.9. The zero-order valence-electron chi connectivity index (χ0n) is 11.8. The molecule has 3 nitrogen and oxygen atoms in total. The van der Waals surface area contributed by atoms with Gasteiger partial charge in [0.25, 0.3) is 0 Å². The summed E-state index contributed by atoms with van der Waals surface area (Å²) < 4.78 is 5.13. The van der Waals surface area contributed by atoms with Gasteiger partial charge in [-0.25, -0.2) is 0 Å². The Morgan fingerprint density at radius 3 is 2.67 bits per heavy atom. The molecule has 0 amide bonds. The summed E-state index contributed by atoms with van der Waals surface area (Å²) in [6, 6.07) is 0. The third-order valence-corrected chi connectivity index (χ3v) is 5.53. The van der Waals surface area contributed by atoms with Gasteiger partial charge in [0.2, 0.25) is 0 Å². The molecule has 106 valence electrons. The predicted octanol–water partition coefficient (Wildman–Crippen LogP) is 3.46. The number of rotatable bonds is 5. The number of hydrogen-bond acceptors (Lipinski definition) is 3. The van der Waals surface area contributed by atoms with E-state index < -0.39 is 9.02 Å². The number of alkyl halides is 1. The SMILES string of the molecule is CCC1(O)CCC(C(C)OC(=O)C(C)(I)CC)C1. The lowest BCUT2D eigenvalue weighted by molar-refractivity contribution is -0.153. The van der Waals surface area contributed by atoms with E-state index in [2.05, 4.69) is 22.6 Å². The standard InChI is InChI=1S/C14H25IO3/c1-5-13(4,15)12(16)18-10(3)11-7-8-14(17,6-2)9-11/h10-11,17H,5-9H2,1-4H3. The van der Waals surface area contributed by atoms with Crippen molar-refractivity contribution in [2.75, 3.05) is 0 Å². The van der Waals surface area contributed by atoms with Crippen molar-refractivity contribution in [1.29, 1.82) is 0 Å². The summed E-state index contributed by atoms with van der Waals surface area (Å²) in [5, 5.41) is 10.2. The zero-order valence-corrected chi connectivity index (χ0v) is 14.0.